The second-order valence-corrected chi connectivity index (χ2v) is 9.17. The van der Waals surface area contributed by atoms with Gasteiger partial charge < -0.3 is 25.9 Å². The fraction of sp³-hybridized carbons (Fsp3) is 0.810. The number of aliphatic hydroxyl groups is 1. The number of aliphatic hydroxyl groups excluding tert-OH is 1. The lowest BCUT2D eigenvalue weighted by atomic mass is 9.80. The summed E-state index contributed by atoms with van der Waals surface area (Å²) in [5, 5.41) is 10.1. The second-order valence-electron chi connectivity index (χ2n) is 8.91. The smallest absolute Gasteiger partial charge is 0.286 e. The summed E-state index contributed by atoms with van der Waals surface area (Å²) in [6.07, 6.45) is 6.78. The maximum Gasteiger partial charge on any atom is 0.286 e. The molecule has 0 aromatic rings. The van der Waals surface area contributed by atoms with E-state index >= 15 is 0 Å². The molecule has 1 aliphatic heterocycles. The number of likely N-dealkylation sites (N-methyl/N-ethyl adjacent to an activating group) is 1. The van der Waals surface area contributed by atoms with Crippen molar-refractivity contribution in [3.05, 3.63) is 0 Å². The number of likely N-dealkylation sites (tertiary alicyclic amines) is 1. The summed E-state index contributed by atoms with van der Waals surface area (Å²) in [5.74, 6) is -0.856. The predicted octanol–water partition coefficient (Wildman–Crippen LogP) is 0.453. The number of thiol groups is 1. The Hall–Kier alpha value is -1.49. The van der Waals surface area contributed by atoms with Gasteiger partial charge in [0.1, 0.15) is 6.29 Å². The van der Waals surface area contributed by atoms with Gasteiger partial charge in [0.05, 0.1) is 18.1 Å². The van der Waals surface area contributed by atoms with Gasteiger partial charge in [-0.15, -0.1) is 0 Å². The molecular formula is C21H40N4O5S. The van der Waals surface area contributed by atoms with Crippen LogP contribution in [0.2, 0.25) is 0 Å². The Labute approximate surface area is 191 Å². The molecule has 2 fully saturated rings. The van der Waals surface area contributed by atoms with Crippen LogP contribution >= 0.6 is 12.8 Å². The Kier molecular flexibility index (Phi) is 13.8. The van der Waals surface area contributed by atoms with Gasteiger partial charge in [0.2, 0.25) is 11.7 Å². The quantitative estimate of drug-likeness (QED) is 0.201. The van der Waals surface area contributed by atoms with Gasteiger partial charge in [0.25, 0.3) is 5.91 Å². The summed E-state index contributed by atoms with van der Waals surface area (Å²) in [4.78, 5) is 46.6. The highest BCUT2D eigenvalue weighted by Gasteiger charge is 2.37. The molecule has 1 aliphatic carbocycles. The Morgan fingerprint density at radius 2 is 1.77 bits per heavy atom. The van der Waals surface area contributed by atoms with Crippen LogP contribution in [0.3, 0.4) is 0 Å². The van der Waals surface area contributed by atoms with Crippen molar-refractivity contribution in [3.8, 4) is 0 Å². The van der Waals surface area contributed by atoms with Crippen LogP contribution in [0.5, 0.6) is 0 Å². The molecule has 0 spiro atoms. The Balaban J connectivity index is 0.000000547. The van der Waals surface area contributed by atoms with E-state index < -0.39 is 17.7 Å². The molecule has 1 saturated carbocycles. The number of primary amides is 1. The van der Waals surface area contributed by atoms with Gasteiger partial charge >= 0.3 is 0 Å². The molecule has 0 radical (unpaired) electrons. The van der Waals surface area contributed by atoms with Crippen LogP contribution in [0.25, 0.3) is 0 Å². The van der Waals surface area contributed by atoms with Crippen molar-refractivity contribution in [2.75, 3.05) is 20.7 Å². The largest absolute Gasteiger partial charge is 0.400 e. The maximum atomic E-state index is 12.3. The topological polar surface area (TPSA) is 142 Å². The number of carbonyl (C=O) groups excluding carboxylic acids is 4. The van der Waals surface area contributed by atoms with Crippen LogP contribution < -0.4 is 15.8 Å². The second kappa shape index (κ2) is 14.5. The minimum Gasteiger partial charge on any atom is -0.400 e. The molecule has 2 unspecified atom stereocenters. The molecule has 3 atom stereocenters. The number of rotatable bonds is 8. The lowest BCUT2D eigenvalue weighted by Gasteiger charge is -2.33. The van der Waals surface area contributed by atoms with E-state index in [1.54, 1.807) is 11.9 Å². The van der Waals surface area contributed by atoms with E-state index in [1.165, 1.54) is 6.42 Å². The first-order valence-corrected chi connectivity index (χ1v) is 11.1. The fourth-order valence-electron chi connectivity index (χ4n) is 3.75. The van der Waals surface area contributed by atoms with E-state index in [0.29, 0.717) is 18.9 Å². The zero-order chi connectivity index (χ0) is 24.2. The molecule has 31 heavy (non-hydrogen) atoms. The third-order valence-electron chi connectivity index (χ3n) is 5.65. The number of aldehydes is 1. The summed E-state index contributed by atoms with van der Waals surface area (Å²) < 4.78 is 2.53. The van der Waals surface area contributed by atoms with Crippen molar-refractivity contribution in [2.45, 2.75) is 77.4 Å². The fourth-order valence-corrected chi connectivity index (χ4v) is 3.97. The van der Waals surface area contributed by atoms with Crippen molar-refractivity contribution in [3.63, 3.8) is 0 Å². The summed E-state index contributed by atoms with van der Waals surface area (Å²) in [7, 11) is 2.79. The number of amides is 2. The van der Waals surface area contributed by atoms with Gasteiger partial charge in [0.15, 0.2) is 0 Å². The van der Waals surface area contributed by atoms with E-state index in [1.807, 2.05) is 20.8 Å². The van der Waals surface area contributed by atoms with Crippen LogP contribution in [0.15, 0.2) is 0 Å². The first-order chi connectivity index (χ1) is 14.6. The van der Waals surface area contributed by atoms with Crippen LogP contribution in [0.4, 0.5) is 0 Å². The molecule has 2 rings (SSSR count). The van der Waals surface area contributed by atoms with Crippen LogP contribution in [0, 0.1) is 11.3 Å². The lowest BCUT2D eigenvalue weighted by molar-refractivity contribution is -0.138. The number of nitrogens with one attached hydrogen (secondary N) is 2. The normalized spacial score (nSPS) is 20.2. The van der Waals surface area contributed by atoms with Gasteiger partial charge in [-0.2, -0.15) is 0 Å². The molecule has 2 amide bonds. The molecule has 2 aliphatic rings. The van der Waals surface area contributed by atoms with E-state index in [-0.39, 0.29) is 23.4 Å². The highest BCUT2D eigenvalue weighted by atomic mass is 32.1. The minimum absolute atomic E-state index is 0.0459. The predicted molar refractivity (Wildman–Crippen MR) is 123 cm³/mol. The molecule has 0 aromatic heterocycles. The molecule has 10 heteroatoms. The first-order valence-electron chi connectivity index (χ1n) is 10.7. The zero-order valence-corrected chi connectivity index (χ0v) is 20.3. The number of carbonyl (C=O) groups is 4. The van der Waals surface area contributed by atoms with Gasteiger partial charge in [-0.1, -0.05) is 52.8 Å². The molecule has 180 valence electrons. The van der Waals surface area contributed by atoms with E-state index in [2.05, 4.69) is 22.9 Å². The van der Waals surface area contributed by atoms with Crippen molar-refractivity contribution in [2.24, 2.45) is 17.1 Å². The van der Waals surface area contributed by atoms with Crippen LogP contribution in [-0.2, 0) is 19.2 Å². The molecule has 1 heterocycles. The van der Waals surface area contributed by atoms with Crippen LogP contribution in [-0.4, -0.2) is 72.7 Å². The average Bonchev–Trinajstić information content (AvgIpc) is 3.17. The molecule has 0 bridgehead atoms. The number of nitrogens with two attached hydrogens (primary N) is 1. The van der Waals surface area contributed by atoms with Crippen molar-refractivity contribution >= 4 is 36.7 Å². The summed E-state index contributed by atoms with van der Waals surface area (Å²) >= 11 is 3.81. The van der Waals surface area contributed by atoms with Crippen molar-refractivity contribution in [1.82, 2.24) is 14.9 Å². The monoisotopic (exact) mass is 460 g/mol. The lowest BCUT2D eigenvalue weighted by Crippen LogP contribution is -2.53. The number of hydrogen-bond acceptors (Lipinski definition) is 8. The first kappa shape index (κ1) is 29.5. The molecular weight excluding hydrogens is 420 g/mol. The summed E-state index contributed by atoms with van der Waals surface area (Å²) in [6, 6.07) is -0.954. The van der Waals surface area contributed by atoms with Gasteiger partial charge in [0, 0.05) is 13.7 Å². The number of Topliss-reactive ketones (excluding diaryl/α,β-unsaturated/α-hetero) is 1. The van der Waals surface area contributed by atoms with Gasteiger partial charge in [-0.25, -0.2) is 0 Å². The molecule has 9 nitrogen and oxygen atoms in total. The third kappa shape index (κ3) is 9.26. The Morgan fingerprint density at radius 3 is 2.13 bits per heavy atom. The number of ketones is 1. The standard InChI is InChI=1S/C12H22N2O2.C8H14N2O2S.CH4O/c1-12(2,3)10(13-4)11(16)14-7-5-6-9(14)8-15;9-8(12)7(11)6(10-13)4-5-2-1-3-5;1-2/h8-10,13H,5-7H2,1-4H3;5-6,10,13H,1-4H2,(H2,9,12);2H,1H3/t9-,10?;;/m0../s1. The minimum atomic E-state index is -0.883. The highest BCUT2D eigenvalue weighted by molar-refractivity contribution is 7.78. The summed E-state index contributed by atoms with van der Waals surface area (Å²) in [5.41, 5.74) is 4.75. The Morgan fingerprint density at radius 1 is 1.19 bits per heavy atom. The SMILES string of the molecule is CNC(C(=O)N1CCC[C@H]1C=O)C(C)(C)C.CO.NC(=O)C(=O)C(CC1CCC1)NS. The third-order valence-corrected chi connectivity index (χ3v) is 5.96. The van der Waals surface area contributed by atoms with E-state index in [9.17, 15) is 19.2 Å². The van der Waals surface area contributed by atoms with Crippen molar-refractivity contribution < 1.29 is 24.3 Å². The zero-order valence-electron chi connectivity index (χ0n) is 19.4. The number of nitrogens with zero attached hydrogens (tertiary/aromatic N) is 1. The molecule has 1 saturated heterocycles. The van der Waals surface area contributed by atoms with Crippen molar-refractivity contribution in [1.29, 1.82) is 0 Å². The summed E-state index contributed by atoms with van der Waals surface area (Å²) in [6.45, 7) is 6.78. The Bertz CT molecular complexity index is 593. The van der Waals surface area contributed by atoms with E-state index in [0.717, 1.165) is 39.1 Å². The van der Waals surface area contributed by atoms with Gasteiger partial charge in [-0.3, -0.25) is 19.1 Å². The highest BCUT2D eigenvalue weighted by Crippen LogP contribution is 2.30. The maximum absolute atomic E-state index is 12.3. The van der Waals surface area contributed by atoms with E-state index in [4.69, 9.17) is 10.8 Å². The number of hydrogen-bond donors (Lipinski definition) is 5. The average molecular weight is 461 g/mol. The molecule has 0 aromatic carbocycles. The van der Waals surface area contributed by atoms with Gasteiger partial charge in [-0.05, 0) is 37.6 Å². The van der Waals surface area contributed by atoms with Crippen LogP contribution in [0.1, 0.15) is 59.3 Å². The molecule has 5 N–H and O–H groups in total.